The molecule has 1 saturated heterocycles. The van der Waals surface area contributed by atoms with Crippen LogP contribution >= 0.6 is 0 Å². The molecule has 0 amide bonds. The van der Waals surface area contributed by atoms with Gasteiger partial charge in [-0.1, -0.05) is 32.0 Å². The van der Waals surface area contributed by atoms with Crippen LogP contribution < -0.4 is 4.74 Å². The van der Waals surface area contributed by atoms with Gasteiger partial charge in [-0.3, -0.25) is 4.90 Å². The Hall–Kier alpha value is -1.10. The van der Waals surface area contributed by atoms with Crippen LogP contribution in [0, 0.1) is 0 Å². The molecule has 3 atom stereocenters. The molecule has 22 heavy (non-hydrogen) atoms. The first-order valence-corrected chi connectivity index (χ1v) is 8.23. The quantitative estimate of drug-likeness (QED) is 0.877. The molecule has 0 aromatic heterocycles. The van der Waals surface area contributed by atoms with Gasteiger partial charge in [-0.2, -0.15) is 0 Å². The van der Waals surface area contributed by atoms with Crippen molar-refractivity contribution in [2.45, 2.75) is 51.9 Å². The summed E-state index contributed by atoms with van der Waals surface area (Å²) >= 11 is 0. The second-order valence-corrected chi connectivity index (χ2v) is 6.63. The van der Waals surface area contributed by atoms with Crippen molar-refractivity contribution in [1.29, 1.82) is 0 Å². The second kappa shape index (κ2) is 7.95. The Kier molecular flexibility index (Phi) is 6.24. The fraction of sp³-hybridized carbons (Fsp3) is 0.667. The molecule has 1 fully saturated rings. The molecule has 1 N–H and O–H groups in total. The van der Waals surface area contributed by atoms with Crippen LogP contribution in [0.5, 0.6) is 5.75 Å². The Balaban J connectivity index is 1.84. The van der Waals surface area contributed by atoms with Gasteiger partial charge >= 0.3 is 0 Å². The predicted octanol–water partition coefficient (Wildman–Crippen LogP) is 2.66. The van der Waals surface area contributed by atoms with E-state index in [0.717, 1.165) is 18.8 Å². The molecule has 2 rings (SSSR count). The molecule has 1 heterocycles. The summed E-state index contributed by atoms with van der Waals surface area (Å²) in [6, 6.07) is 8.05. The van der Waals surface area contributed by atoms with Gasteiger partial charge in [0.1, 0.15) is 18.5 Å². The Morgan fingerprint density at radius 2 is 1.86 bits per heavy atom. The normalized spacial score (nSPS) is 24.5. The van der Waals surface area contributed by atoms with Gasteiger partial charge in [0.15, 0.2) is 0 Å². The molecule has 0 aliphatic carbocycles. The maximum absolute atomic E-state index is 10.3. The van der Waals surface area contributed by atoms with Crippen molar-refractivity contribution in [3.05, 3.63) is 29.8 Å². The van der Waals surface area contributed by atoms with Crippen molar-refractivity contribution in [1.82, 2.24) is 4.90 Å². The maximum atomic E-state index is 10.3. The molecule has 3 unspecified atom stereocenters. The van der Waals surface area contributed by atoms with Gasteiger partial charge in [0.2, 0.25) is 0 Å². The SMILES string of the molecule is CC1CN(CC(O)COc2ccccc2C(C)C)CC(C)O1. The molecule has 0 spiro atoms. The number of nitrogens with zero attached hydrogens (tertiary/aromatic N) is 1. The van der Waals surface area contributed by atoms with Gasteiger partial charge in [0, 0.05) is 19.6 Å². The van der Waals surface area contributed by atoms with Crippen LogP contribution in [0.25, 0.3) is 0 Å². The molecule has 4 heteroatoms. The number of hydrogen-bond acceptors (Lipinski definition) is 4. The van der Waals surface area contributed by atoms with Crippen molar-refractivity contribution >= 4 is 0 Å². The Morgan fingerprint density at radius 1 is 1.23 bits per heavy atom. The van der Waals surface area contributed by atoms with Crippen molar-refractivity contribution in [3.8, 4) is 5.75 Å². The predicted molar refractivity (Wildman–Crippen MR) is 88.5 cm³/mol. The number of hydrogen-bond donors (Lipinski definition) is 1. The molecule has 4 nitrogen and oxygen atoms in total. The number of β-amino-alcohol motifs (C(OH)–C–C–N with tert-alkyl or cyclic N) is 1. The molecule has 1 aromatic carbocycles. The summed E-state index contributed by atoms with van der Waals surface area (Å²) < 4.78 is 11.6. The van der Waals surface area contributed by atoms with E-state index in [1.54, 1.807) is 0 Å². The highest BCUT2D eigenvalue weighted by molar-refractivity contribution is 5.35. The third kappa shape index (κ3) is 4.97. The highest BCUT2D eigenvalue weighted by atomic mass is 16.5. The Bertz CT molecular complexity index is 453. The van der Waals surface area contributed by atoms with Crippen molar-refractivity contribution in [2.75, 3.05) is 26.2 Å². The van der Waals surface area contributed by atoms with Gasteiger partial charge in [-0.25, -0.2) is 0 Å². The number of benzene rings is 1. The topological polar surface area (TPSA) is 41.9 Å². The molecule has 1 aromatic rings. The first-order chi connectivity index (χ1) is 10.5. The van der Waals surface area contributed by atoms with Crippen LogP contribution in [-0.4, -0.2) is 54.6 Å². The van der Waals surface area contributed by atoms with Crippen LogP contribution in [-0.2, 0) is 4.74 Å². The van der Waals surface area contributed by atoms with E-state index in [-0.39, 0.29) is 12.2 Å². The molecule has 0 bridgehead atoms. The van der Waals surface area contributed by atoms with Crippen LogP contribution in [0.15, 0.2) is 24.3 Å². The molecule has 1 aliphatic heterocycles. The molecule has 0 saturated carbocycles. The van der Waals surface area contributed by atoms with Crippen molar-refractivity contribution in [3.63, 3.8) is 0 Å². The lowest BCUT2D eigenvalue weighted by molar-refractivity contribution is -0.0787. The zero-order chi connectivity index (χ0) is 16.1. The van der Waals surface area contributed by atoms with Gasteiger partial charge in [0.05, 0.1) is 12.2 Å². The first-order valence-electron chi connectivity index (χ1n) is 8.23. The molecule has 124 valence electrons. The van der Waals surface area contributed by atoms with E-state index in [0.29, 0.717) is 19.1 Å². The van der Waals surface area contributed by atoms with Crippen molar-refractivity contribution in [2.24, 2.45) is 0 Å². The van der Waals surface area contributed by atoms with Crippen LogP contribution in [0.3, 0.4) is 0 Å². The van der Waals surface area contributed by atoms with Gasteiger partial charge in [-0.15, -0.1) is 0 Å². The second-order valence-electron chi connectivity index (χ2n) is 6.63. The number of morpholine rings is 1. The zero-order valence-corrected chi connectivity index (χ0v) is 14.2. The van der Waals surface area contributed by atoms with Crippen LogP contribution in [0.4, 0.5) is 0 Å². The Labute approximate surface area is 134 Å². The maximum Gasteiger partial charge on any atom is 0.122 e. The highest BCUT2D eigenvalue weighted by Crippen LogP contribution is 2.25. The molecule has 0 radical (unpaired) electrons. The first kappa shape index (κ1) is 17.3. The lowest BCUT2D eigenvalue weighted by Crippen LogP contribution is -2.48. The summed E-state index contributed by atoms with van der Waals surface area (Å²) in [5.41, 5.74) is 1.18. The summed E-state index contributed by atoms with van der Waals surface area (Å²) in [6.45, 7) is 11.1. The fourth-order valence-electron chi connectivity index (χ4n) is 3.06. The Morgan fingerprint density at radius 3 is 2.50 bits per heavy atom. The number of para-hydroxylation sites is 1. The lowest BCUT2D eigenvalue weighted by Gasteiger charge is -2.36. The van der Waals surface area contributed by atoms with E-state index in [2.05, 4.69) is 38.7 Å². The zero-order valence-electron chi connectivity index (χ0n) is 14.2. The van der Waals surface area contributed by atoms with E-state index in [4.69, 9.17) is 9.47 Å². The van der Waals surface area contributed by atoms with E-state index in [1.807, 2.05) is 18.2 Å². The van der Waals surface area contributed by atoms with Gasteiger partial charge in [0.25, 0.3) is 0 Å². The summed E-state index contributed by atoms with van der Waals surface area (Å²) in [5, 5.41) is 10.3. The third-order valence-corrected chi connectivity index (χ3v) is 3.94. The van der Waals surface area contributed by atoms with Crippen LogP contribution in [0.2, 0.25) is 0 Å². The summed E-state index contributed by atoms with van der Waals surface area (Å²) in [7, 11) is 0. The number of aliphatic hydroxyl groups excluding tert-OH is 1. The number of ether oxygens (including phenoxy) is 2. The molecule has 1 aliphatic rings. The highest BCUT2D eigenvalue weighted by Gasteiger charge is 2.24. The minimum Gasteiger partial charge on any atom is -0.491 e. The lowest BCUT2D eigenvalue weighted by atomic mass is 10.0. The van der Waals surface area contributed by atoms with E-state index < -0.39 is 6.10 Å². The van der Waals surface area contributed by atoms with Crippen molar-refractivity contribution < 1.29 is 14.6 Å². The number of rotatable bonds is 6. The molecular weight excluding hydrogens is 278 g/mol. The van der Waals surface area contributed by atoms with Crippen LogP contribution in [0.1, 0.15) is 39.2 Å². The van der Waals surface area contributed by atoms with E-state index in [1.165, 1.54) is 5.56 Å². The monoisotopic (exact) mass is 307 g/mol. The largest absolute Gasteiger partial charge is 0.491 e. The average molecular weight is 307 g/mol. The van der Waals surface area contributed by atoms with E-state index >= 15 is 0 Å². The smallest absolute Gasteiger partial charge is 0.122 e. The minimum absolute atomic E-state index is 0.221. The van der Waals surface area contributed by atoms with Gasteiger partial charge < -0.3 is 14.6 Å². The minimum atomic E-state index is -0.488. The summed E-state index contributed by atoms with van der Waals surface area (Å²) in [5.74, 6) is 1.29. The number of aliphatic hydroxyl groups is 1. The van der Waals surface area contributed by atoms with E-state index in [9.17, 15) is 5.11 Å². The third-order valence-electron chi connectivity index (χ3n) is 3.94. The standard InChI is InChI=1S/C18H29NO3/c1-13(2)17-7-5-6-8-18(17)21-12-16(20)11-19-9-14(3)22-15(4)10-19/h5-8,13-16,20H,9-12H2,1-4H3. The average Bonchev–Trinajstić information content (AvgIpc) is 2.44. The summed E-state index contributed by atoms with van der Waals surface area (Å²) in [4.78, 5) is 2.25. The fourth-order valence-corrected chi connectivity index (χ4v) is 3.06. The van der Waals surface area contributed by atoms with Gasteiger partial charge in [-0.05, 0) is 31.4 Å². The molecular formula is C18H29NO3. The summed E-state index contributed by atoms with van der Waals surface area (Å²) in [6.07, 6.45) is -0.0465.